The van der Waals surface area contributed by atoms with E-state index in [9.17, 15) is 14.7 Å². The van der Waals surface area contributed by atoms with Crippen molar-refractivity contribution < 1.29 is 24.5 Å². The summed E-state index contributed by atoms with van der Waals surface area (Å²) in [5.41, 5.74) is 0.490. The van der Waals surface area contributed by atoms with E-state index in [0.29, 0.717) is 12.0 Å². The van der Waals surface area contributed by atoms with Crippen LogP contribution in [0.2, 0.25) is 0 Å². The molecule has 0 fully saturated rings. The van der Waals surface area contributed by atoms with Crippen LogP contribution in [0.4, 0.5) is 0 Å². The fourth-order valence-corrected chi connectivity index (χ4v) is 2.85. The molecule has 1 rings (SSSR count). The van der Waals surface area contributed by atoms with Crippen molar-refractivity contribution in [3.05, 3.63) is 29.8 Å². The molecule has 2 N–H and O–H groups in total. The number of carbonyl (C=O) groups excluding carboxylic acids is 1. The molecule has 0 saturated heterocycles. The van der Waals surface area contributed by atoms with E-state index in [-0.39, 0.29) is 24.2 Å². The van der Waals surface area contributed by atoms with Gasteiger partial charge in [-0.15, -0.1) is 11.8 Å². The molecular formula is C15H20O5S. The molecule has 0 radical (unpaired) electrons. The number of thioether (sulfide) groups is 1. The van der Waals surface area contributed by atoms with E-state index >= 15 is 0 Å². The molecule has 1 atom stereocenters. The predicted octanol–water partition coefficient (Wildman–Crippen LogP) is 2.57. The summed E-state index contributed by atoms with van der Waals surface area (Å²) >= 11 is 1.53. The second-order valence-corrected chi connectivity index (χ2v) is 5.95. The molecule has 116 valence electrons. The lowest BCUT2D eigenvalue weighted by Gasteiger charge is -2.13. The molecule has 0 aliphatic rings. The SMILES string of the molecule is COC(=O)c1ccc(SC(CO)CCCCC(=O)O)cc1. The summed E-state index contributed by atoms with van der Waals surface area (Å²) in [5.74, 6) is -1.17. The first-order valence-electron chi connectivity index (χ1n) is 6.74. The van der Waals surface area contributed by atoms with Gasteiger partial charge in [-0.05, 0) is 37.1 Å². The third kappa shape index (κ3) is 6.64. The molecule has 0 aliphatic heterocycles. The normalized spacial score (nSPS) is 11.9. The van der Waals surface area contributed by atoms with Gasteiger partial charge < -0.3 is 14.9 Å². The highest BCUT2D eigenvalue weighted by Crippen LogP contribution is 2.27. The van der Waals surface area contributed by atoms with E-state index in [2.05, 4.69) is 4.74 Å². The van der Waals surface area contributed by atoms with Crippen molar-refractivity contribution in [2.45, 2.75) is 35.8 Å². The molecule has 1 aromatic carbocycles. The van der Waals surface area contributed by atoms with Gasteiger partial charge in [0.1, 0.15) is 0 Å². The monoisotopic (exact) mass is 312 g/mol. The Morgan fingerprint density at radius 2 is 1.90 bits per heavy atom. The summed E-state index contributed by atoms with van der Waals surface area (Å²) in [6.07, 6.45) is 2.31. The predicted molar refractivity (Wildman–Crippen MR) is 80.6 cm³/mol. The molecule has 1 aromatic rings. The van der Waals surface area contributed by atoms with Crippen LogP contribution in [-0.4, -0.2) is 41.1 Å². The van der Waals surface area contributed by atoms with E-state index in [1.165, 1.54) is 18.9 Å². The minimum absolute atomic E-state index is 0.0303. The third-order valence-electron chi connectivity index (χ3n) is 2.95. The van der Waals surface area contributed by atoms with Crippen LogP contribution in [-0.2, 0) is 9.53 Å². The number of unbranched alkanes of at least 4 members (excludes halogenated alkanes) is 1. The van der Waals surface area contributed by atoms with Gasteiger partial charge in [0.15, 0.2) is 0 Å². The number of carbonyl (C=O) groups is 2. The van der Waals surface area contributed by atoms with Gasteiger partial charge in [0, 0.05) is 16.6 Å². The number of carboxylic acids is 1. The van der Waals surface area contributed by atoms with Crippen molar-refractivity contribution >= 4 is 23.7 Å². The maximum Gasteiger partial charge on any atom is 0.337 e. The Balaban J connectivity index is 2.45. The second-order valence-electron chi connectivity index (χ2n) is 4.58. The molecule has 21 heavy (non-hydrogen) atoms. The Bertz CT molecular complexity index is 458. The maximum absolute atomic E-state index is 11.3. The zero-order valence-corrected chi connectivity index (χ0v) is 12.8. The molecule has 0 spiro atoms. The Morgan fingerprint density at radius 3 is 2.43 bits per heavy atom. The minimum atomic E-state index is -0.790. The molecule has 5 nitrogen and oxygen atoms in total. The van der Waals surface area contributed by atoms with E-state index in [1.54, 1.807) is 12.1 Å². The van der Waals surface area contributed by atoms with Crippen LogP contribution >= 0.6 is 11.8 Å². The first kappa shape index (κ1) is 17.5. The highest BCUT2D eigenvalue weighted by molar-refractivity contribution is 8.00. The zero-order valence-electron chi connectivity index (χ0n) is 11.9. The van der Waals surface area contributed by atoms with Gasteiger partial charge in [-0.1, -0.05) is 6.42 Å². The van der Waals surface area contributed by atoms with E-state index in [0.717, 1.165) is 17.7 Å². The standard InChI is InChI=1S/C15H20O5S/c1-20-15(19)11-6-8-12(9-7-11)21-13(10-16)4-2-3-5-14(17)18/h6-9,13,16H,2-5,10H2,1H3,(H,17,18). The lowest BCUT2D eigenvalue weighted by molar-refractivity contribution is -0.137. The average Bonchev–Trinajstić information content (AvgIpc) is 2.49. The summed E-state index contributed by atoms with van der Waals surface area (Å²) in [7, 11) is 1.34. The molecule has 0 bridgehead atoms. The van der Waals surface area contributed by atoms with Gasteiger partial charge in [-0.2, -0.15) is 0 Å². The number of aliphatic carboxylic acids is 1. The third-order valence-corrected chi connectivity index (χ3v) is 4.21. The fraction of sp³-hybridized carbons (Fsp3) is 0.467. The molecule has 0 aliphatic carbocycles. The number of aliphatic hydroxyl groups excluding tert-OH is 1. The molecule has 0 aromatic heterocycles. The number of ether oxygens (including phenoxy) is 1. The van der Waals surface area contributed by atoms with Crippen molar-refractivity contribution in [3.63, 3.8) is 0 Å². The lowest BCUT2D eigenvalue weighted by atomic mass is 10.1. The van der Waals surface area contributed by atoms with Crippen LogP contribution in [0, 0.1) is 0 Å². The summed E-state index contributed by atoms with van der Waals surface area (Å²) in [5, 5.41) is 18.0. The molecule has 6 heteroatoms. The number of hydrogen-bond acceptors (Lipinski definition) is 5. The number of esters is 1. The van der Waals surface area contributed by atoms with Crippen LogP contribution in [0.5, 0.6) is 0 Å². The number of aliphatic hydroxyl groups is 1. The van der Waals surface area contributed by atoms with Gasteiger partial charge in [0.25, 0.3) is 0 Å². The molecule has 0 heterocycles. The van der Waals surface area contributed by atoms with Crippen LogP contribution in [0.1, 0.15) is 36.0 Å². The quantitative estimate of drug-likeness (QED) is 0.414. The maximum atomic E-state index is 11.3. The van der Waals surface area contributed by atoms with Crippen LogP contribution in [0.15, 0.2) is 29.2 Å². The van der Waals surface area contributed by atoms with Crippen LogP contribution < -0.4 is 0 Å². The number of benzene rings is 1. The Hall–Kier alpha value is -1.53. The first-order chi connectivity index (χ1) is 10.1. The number of hydrogen-bond donors (Lipinski definition) is 2. The number of methoxy groups -OCH3 is 1. The van der Waals surface area contributed by atoms with Gasteiger partial charge in [-0.25, -0.2) is 4.79 Å². The Kier molecular flexibility index (Phi) is 7.85. The topological polar surface area (TPSA) is 83.8 Å². The van der Waals surface area contributed by atoms with Gasteiger partial charge >= 0.3 is 11.9 Å². The molecule has 1 unspecified atom stereocenters. The van der Waals surface area contributed by atoms with E-state index < -0.39 is 5.97 Å². The fourth-order valence-electron chi connectivity index (χ4n) is 1.82. The van der Waals surface area contributed by atoms with E-state index in [1.807, 2.05) is 12.1 Å². The van der Waals surface area contributed by atoms with Gasteiger partial charge in [0.2, 0.25) is 0 Å². The molecular weight excluding hydrogens is 292 g/mol. The largest absolute Gasteiger partial charge is 0.481 e. The van der Waals surface area contributed by atoms with Crippen LogP contribution in [0.3, 0.4) is 0 Å². The van der Waals surface area contributed by atoms with E-state index in [4.69, 9.17) is 5.11 Å². The first-order valence-corrected chi connectivity index (χ1v) is 7.62. The smallest absolute Gasteiger partial charge is 0.337 e. The van der Waals surface area contributed by atoms with Crippen LogP contribution in [0.25, 0.3) is 0 Å². The Labute approximate surface area is 128 Å². The average molecular weight is 312 g/mol. The summed E-state index contributed by atoms with van der Waals surface area (Å²) < 4.78 is 4.63. The summed E-state index contributed by atoms with van der Waals surface area (Å²) in [6.45, 7) is 0.0382. The number of carboxylic acid groups (broad SMARTS) is 1. The lowest BCUT2D eigenvalue weighted by Crippen LogP contribution is -2.08. The van der Waals surface area contributed by atoms with Crippen molar-refractivity contribution in [2.24, 2.45) is 0 Å². The molecule has 0 amide bonds. The second kappa shape index (κ2) is 9.41. The molecule has 0 saturated carbocycles. The van der Waals surface area contributed by atoms with Crippen molar-refractivity contribution in [1.29, 1.82) is 0 Å². The van der Waals surface area contributed by atoms with Crippen molar-refractivity contribution in [1.82, 2.24) is 0 Å². The zero-order chi connectivity index (χ0) is 15.7. The summed E-state index contributed by atoms with van der Waals surface area (Å²) in [4.78, 5) is 22.7. The minimum Gasteiger partial charge on any atom is -0.481 e. The van der Waals surface area contributed by atoms with Crippen molar-refractivity contribution in [2.75, 3.05) is 13.7 Å². The highest BCUT2D eigenvalue weighted by atomic mass is 32.2. The Morgan fingerprint density at radius 1 is 1.24 bits per heavy atom. The van der Waals surface area contributed by atoms with Gasteiger partial charge in [-0.3, -0.25) is 4.79 Å². The van der Waals surface area contributed by atoms with Gasteiger partial charge in [0.05, 0.1) is 19.3 Å². The summed E-state index contributed by atoms with van der Waals surface area (Å²) in [6, 6.07) is 7.01. The van der Waals surface area contributed by atoms with Crippen molar-refractivity contribution in [3.8, 4) is 0 Å². The highest BCUT2D eigenvalue weighted by Gasteiger charge is 2.11. The number of rotatable bonds is 9.